The first kappa shape index (κ1) is 13.7. The van der Waals surface area contributed by atoms with Crippen molar-refractivity contribution in [3.05, 3.63) is 47.2 Å². The molecular weight excluding hydrogens is 262 g/mol. The predicted molar refractivity (Wildman–Crippen MR) is 76.4 cm³/mol. The molecule has 1 N–H and O–H groups in total. The summed E-state index contributed by atoms with van der Waals surface area (Å²) < 4.78 is 5.56. The summed E-state index contributed by atoms with van der Waals surface area (Å²) in [6.07, 6.45) is 0.885. The van der Waals surface area contributed by atoms with Crippen LogP contribution >= 0.6 is 11.6 Å². The molecule has 1 aromatic carbocycles. The molecular formula is C15H16ClNO2. The smallest absolute Gasteiger partial charge is 0.287 e. The van der Waals surface area contributed by atoms with Gasteiger partial charge in [0.2, 0.25) is 0 Å². The van der Waals surface area contributed by atoms with Gasteiger partial charge in [-0.05, 0) is 49.7 Å². The lowest BCUT2D eigenvalue weighted by atomic mass is 10.2. The molecule has 0 fully saturated rings. The average Bonchev–Trinajstić information content (AvgIpc) is 2.89. The van der Waals surface area contributed by atoms with E-state index in [1.807, 2.05) is 26.0 Å². The fourth-order valence-corrected chi connectivity index (χ4v) is 1.75. The van der Waals surface area contributed by atoms with Crippen molar-refractivity contribution in [3.8, 4) is 11.3 Å². The molecule has 1 heterocycles. The van der Waals surface area contributed by atoms with Crippen molar-refractivity contribution in [2.75, 3.05) is 0 Å². The Morgan fingerprint density at radius 1 is 1.26 bits per heavy atom. The van der Waals surface area contributed by atoms with Crippen LogP contribution in [0.4, 0.5) is 0 Å². The van der Waals surface area contributed by atoms with Gasteiger partial charge in [-0.15, -0.1) is 0 Å². The highest BCUT2D eigenvalue weighted by Crippen LogP contribution is 2.23. The molecule has 0 saturated heterocycles. The summed E-state index contributed by atoms with van der Waals surface area (Å²) in [4.78, 5) is 11.9. The van der Waals surface area contributed by atoms with E-state index in [0.29, 0.717) is 16.5 Å². The zero-order valence-corrected chi connectivity index (χ0v) is 11.7. The molecule has 0 saturated carbocycles. The first-order chi connectivity index (χ1) is 9.10. The second kappa shape index (κ2) is 5.93. The van der Waals surface area contributed by atoms with Crippen LogP contribution < -0.4 is 5.32 Å². The topological polar surface area (TPSA) is 42.2 Å². The second-order valence-electron chi connectivity index (χ2n) is 4.45. The van der Waals surface area contributed by atoms with Gasteiger partial charge in [-0.25, -0.2) is 0 Å². The number of rotatable bonds is 4. The van der Waals surface area contributed by atoms with Gasteiger partial charge in [-0.1, -0.05) is 18.5 Å². The van der Waals surface area contributed by atoms with E-state index in [1.54, 1.807) is 24.3 Å². The number of carbonyl (C=O) groups is 1. The van der Waals surface area contributed by atoms with Gasteiger partial charge in [-0.2, -0.15) is 0 Å². The first-order valence-corrected chi connectivity index (χ1v) is 6.64. The lowest BCUT2D eigenvalue weighted by molar-refractivity contribution is 0.0912. The number of benzene rings is 1. The molecule has 2 aromatic rings. The molecule has 2 rings (SSSR count). The Bertz CT molecular complexity index is 560. The Kier molecular flexibility index (Phi) is 4.27. The maximum Gasteiger partial charge on any atom is 0.287 e. The van der Waals surface area contributed by atoms with E-state index >= 15 is 0 Å². The van der Waals surface area contributed by atoms with Crippen LogP contribution in [-0.4, -0.2) is 11.9 Å². The molecule has 1 atom stereocenters. The minimum atomic E-state index is -0.186. The van der Waals surface area contributed by atoms with E-state index in [2.05, 4.69) is 5.32 Å². The fraction of sp³-hybridized carbons (Fsp3) is 0.267. The third-order valence-corrected chi connectivity index (χ3v) is 3.20. The first-order valence-electron chi connectivity index (χ1n) is 6.26. The minimum Gasteiger partial charge on any atom is -0.451 e. The Balaban J connectivity index is 2.15. The molecule has 4 heteroatoms. The van der Waals surface area contributed by atoms with Crippen molar-refractivity contribution < 1.29 is 9.21 Å². The highest BCUT2D eigenvalue weighted by molar-refractivity contribution is 6.30. The van der Waals surface area contributed by atoms with E-state index in [9.17, 15) is 4.79 Å². The van der Waals surface area contributed by atoms with Gasteiger partial charge >= 0.3 is 0 Å². The van der Waals surface area contributed by atoms with E-state index in [0.717, 1.165) is 12.0 Å². The number of halogens is 1. The molecule has 0 spiro atoms. The standard InChI is InChI=1S/C15H16ClNO2/c1-3-10(2)17-15(18)14-9-8-13(19-14)11-4-6-12(16)7-5-11/h4-10H,3H2,1-2H3,(H,17,18). The Hall–Kier alpha value is -1.74. The third kappa shape index (κ3) is 3.38. The molecule has 0 bridgehead atoms. The van der Waals surface area contributed by atoms with Crippen LogP contribution in [-0.2, 0) is 0 Å². The van der Waals surface area contributed by atoms with Gasteiger partial charge in [-0.3, -0.25) is 4.79 Å². The molecule has 3 nitrogen and oxygen atoms in total. The summed E-state index contributed by atoms with van der Waals surface area (Å²) >= 11 is 5.83. The quantitative estimate of drug-likeness (QED) is 0.913. The van der Waals surface area contributed by atoms with Gasteiger partial charge < -0.3 is 9.73 Å². The zero-order chi connectivity index (χ0) is 13.8. The van der Waals surface area contributed by atoms with E-state index < -0.39 is 0 Å². The fourth-order valence-electron chi connectivity index (χ4n) is 1.63. The highest BCUT2D eigenvalue weighted by atomic mass is 35.5. The largest absolute Gasteiger partial charge is 0.451 e. The zero-order valence-electron chi connectivity index (χ0n) is 10.9. The van der Waals surface area contributed by atoms with Crippen LogP contribution in [0.5, 0.6) is 0 Å². The lowest BCUT2D eigenvalue weighted by Gasteiger charge is -2.09. The minimum absolute atomic E-state index is 0.136. The predicted octanol–water partition coefficient (Wildman–Crippen LogP) is 4.13. The van der Waals surface area contributed by atoms with Gasteiger partial charge in [0.1, 0.15) is 5.76 Å². The van der Waals surface area contributed by atoms with Gasteiger partial charge in [0.05, 0.1) is 0 Å². The summed E-state index contributed by atoms with van der Waals surface area (Å²) in [5.41, 5.74) is 0.895. The van der Waals surface area contributed by atoms with E-state index in [4.69, 9.17) is 16.0 Å². The van der Waals surface area contributed by atoms with Crippen LogP contribution in [0.2, 0.25) is 5.02 Å². The van der Waals surface area contributed by atoms with Crippen molar-refractivity contribution in [3.63, 3.8) is 0 Å². The number of nitrogens with one attached hydrogen (secondary N) is 1. The van der Waals surface area contributed by atoms with Crippen LogP contribution in [0.1, 0.15) is 30.8 Å². The molecule has 0 aliphatic carbocycles. The van der Waals surface area contributed by atoms with Crippen molar-refractivity contribution in [2.24, 2.45) is 0 Å². The van der Waals surface area contributed by atoms with Crippen LogP contribution in [0.25, 0.3) is 11.3 Å². The molecule has 0 aliphatic heterocycles. The Morgan fingerprint density at radius 2 is 1.95 bits per heavy atom. The summed E-state index contributed by atoms with van der Waals surface area (Å²) in [7, 11) is 0. The molecule has 100 valence electrons. The molecule has 1 unspecified atom stereocenters. The highest BCUT2D eigenvalue weighted by Gasteiger charge is 2.13. The summed E-state index contributed by atoms with van der Waals surface area (Å²) in [6, 6.07) is 10.9. The third-order valence-electron chi connectivity index (χ3n) is 2.95. The molecule has 0 aliphatic rings. The van der Waals surface area contributed by atoms with Gasteiger partial charge in [0.25, 0.3) is 5.91 Å². The molecule has 19 heavy (non-hydrogen) atoms. The van der Waals surface area contributed by atoms with Gasteiger partial charge in [0, 0.05) is 16.6 Å². The maximum atomic E-state index is 11.9. The summed E-state index contributed by atoms with van der Waals surface area (Å²) in [5, 5.41) is 3.54. The van der Waals surface area contributed by atoms with Crippen molar-refractivity contribution in [2.45, 2.75) is 26.3 Å². The van der Waals surface area contributed by atoms with Crippen LogP contribution in [0.3, 0.4) is 0 Å². The normalized spacial score (nSPS) is 12.2. The summed E-state index contributed by atoms with van der Waals surface area (Å²) in [5.74, 6) is 0.797. The Morgan fingerprint density at radius 3 is 2.58 bits per heavy atom. The maximum absolute atomic E-state index is 11.9. The van der Waals surface area contributed by atoms with Crippen molar-refractivity contribution >= 4 is 17.5 Å². The van der Waals surface area contributed by atoms with Gasteiger partial charge in [0.15, 0.2) is 5.76 Å². The lowest BCUT2D eigenvalue weighted by Crippen LogP contribution is -2.31. The molecule has 1 aromatic heterocycles. The number of hydrogen-bond donors (Lipinski definition) is 1. The number of carbonyl (C=O) groups excluding carboxylic acids is 1. The van der Waals surface area contributed by atoms with Crippen LogP contribution in [0, 0.1) is 0 Å². The monoisotopic (exact) mass is 277 g/mol. The van der Waals surface area contributed by atoms with E-state index in [-0.39, 0.29) is 11.9 Å². The van der Waals surface area contributed by atoms with Crippen molar-refractivity contribution in [1.82, 2.24) is 5.32 Å². The van der Waals surface area contributed by atoms with E-state index in [1.165, 1.54) is 0 Å². The van der Waals surface area contributed by atoms with Crippen molar-refractivity contribution in [1.29, 1.82) is 0 Å². The molecule has 1 amide bonds. The number of amides is 1. The number of furan rings is 1. The average molecular weight is 278 g/mol. The SMILES string of the molecule is CCC(C)NC(=O)c1ccc(-c2ccc(Cl)cc2)o1. The Labute approximate surface area is 117 Å². The summed E-state index contributed by atoms with van der Waals surface area (Å²) in [6.45, 7) is 3.98. The molecule has 0 radical (unpaired) electrons. The number of hydrogen-bond acceptors (Lipinski definition) is 2. The van der Waals surface area contributed by atoms with Crippen LogP contribution in [0.15, 0.2) is 40.8 Å². The second-order valence-corrected chi connectivity index (χ2v) is 4.89.